The number of hydrogen-bond acceptors (Lipinski definition) is 2. The fraction of sp³-hybridized carbons (Fsp3) is 0.0476. The Hall–Kier alpha value is -3.41. The second-order valence-corrected chi connectivity index (χ2v) is 6.15. The Morgan fingerprint density at radius 3 is 2.00 bits per heavy atom. The molecule has 1 heterocycles. The van der Waals surface area contributed by atoms with Crippen LogP contribution in [-0.2, 0) is 6.18 Å². The molecule has 27 heavy (non-hydrogen) atoms. The lowest BCUT2D eigenvalue weighted by Crippen LogP contribution is -2.16. The van der Waals surface area contributed by atoms with Crippen molar-refractivity contribution in [3.63, 3.8) is 0 Å². The van der Waals surface area contributed by atoms with Crippen LogP contribution in [0.1, 0.15) is 21.5 Å². The summed E-state index contributed by atoms with van der Waals surface area (Å²) in [6, 6.07) is 18.9. The first-order valence-corrected chi connectivity index (χ1v) is 8.12. The van der Waals surface area contributed by atoms with Crippen LogP contribution in [-0.4, -0.2) is 16.2 Å². The van der Waals surface area contributed by atoms with Gasteiger partial charge < -0.3 is 5.21 Å². The first-order valence-electron chi connectivity index (χ1n) is 8.12. The number of carbonyl (C=O) groups excluding carboxylic acids is 1. The molecule has 0 unspecified atom stereocenters. The molecular formula is C21H12F3NO2. The van der Waals surface area contributed by atoms with E-state index in [-0.39, 0.29) is 21.7 Å². The van der Waals surface area contributed by atoms with Crippen LogP contribution in [0.15, 0.2) is 72.8 Å². The standard InChI is InChI=1S/C21H12F3NO2/c22-21(23,24)16-10-11-17-18(12-16)25(27)19(20(17)26)15-8-6-14(7-9-15)13-4-2-1-3-5-13/h1-12H. The molecule has 0 amide bonds. The minimum Gasteiger partial charge on any atom is -0.618 e. The zero-order chi connectivity index (χ0) is 19.2. The maximum absolute atomic E-state index is 12.9. The maximum atomic E-state index is 12.9. The van der Waals surface area contributed by atoms with Crippen LogP contribution >= 0.6 is 0 Å². The molecule has 0 saturated carbocycles. The van der Waals surface area contributed by atoms with Crippen LogP contribution in [0.4, 0.5) is 18.9 Å². The molecule has 6 heteroatoms. The fourth-order valence-corrected chi connectivity index (χ4v) is 3.11. The Morgan fingerprint density at radius 1 is 0.778 bits per heavy atom. The van der Waals surface area contributed by atoms with Crippen molar-refractivity contribution >= 4 is 17.2 Å². The molecule has 0 bridgehead atoms. The van der Waals surface area contributed by atoms with Crippen molar-refractivity contribution in [3.05, 3.63) is 94.7 Å². The molecule has 0 aliphatic carbocycles. The lowest BCUT2D eigenvalue weighted by Gasteiger charge is -2.07. The third kappa shape index (κ3) is 2.89. The summed E-state index contributed by atoms with van der Waals surface area (Å²) in [5.41, 5.74) is 0.791. The van der Waals surface area contributed by atoms with Gasteiger partial charge in [0.15, 0.2) is 0 Å². The Labute approximate surface area is 152 Å². The van der Waals surface area contributed by atoms with Gasteiger partial charge in [-0.3, -0.25) is 4.79 Å². The third-order valence-electron chi connectivity index (χ3n) is 4.47. The van der Waals surface area contributed by atoms with Crippen LogP contribution in [0.5, 0.6) is 0 Å². The van der Waals surface area contributed by atoms with Crippen LogP contribution in [0.25, 0.3) is 11.1 Å². The molecule has 0 spiro atoms. The molecule has 0 aromatic heterocycles. The monoisotopic (exact) mass is 367 g/mol. The zero-order valence-corrected chi connectivity index (χ0v) is 13.8. The van der Waals surface area contributed by atoms with E-state index >= 15 is 0 Å². The summed E-state index contributed by atoms with van der Waals surface area (Å²) in [5.74, 6) is -0.582. The number of Topliss-reactive ketones (excluding diaryl/α,β-unsaturated/α-hetero) is 1. The number of rotatable bonds is 2. The summed E-state index contributed by atoms with van der Waals surface area (Å²) in [6.07, 6.45) is -4.58. The summed E-state index contributed by atoms with van der Waals surface area (Å²) in [6.45, 7) is 0. The van der Waals surface area contributed by atoms with Gasteiger partial charge in [-0.1, -0.05) is 42.5 Å². The third-order valence-corrected chi connectivity index (χ3v) is 4.47. The summed E-state index contributed by atoms with van der Waals surface area (Å²) in [7, 11) is 0. The van der Waals surface area contributed by atoms with Crippen LogP contribution < -0.4 is 0 Å². The molecule has 1 aliphatic heterocycles. The van der Waals surface area contributed by atoms with Gasteiger partial charge in [0, 0.05) is 6.07 Å². The Morgan fingerprint density at radius 2 is 1.37 bits per heavy atom. The number of hydrogen-bond donors (Lipinski definition) is 0. The molecule has 3 aromatic rings. The summed E-state index contributed by atoms with van der Waals surface area (Å²) < 4.78 is 39.0. The van der Waals surface area contributed by atoms with Gasteiger partial charge in [-0.15, -0.1) is 0 Å². The molecule has 0 fully saturated rings. The molecule has 1 aliphatic rings. The van der Waals surface area contributed by atoms with E-state index in [9.17, 15) is 23.2 Å². The van der Waals surface area contributed by atoms with Gasteiger partial charge in [-0.05, 0) is 35.4 Å². The summed E-state index contributed by atoms with van der Waals surface area (Å²) >= 11 is 0. The first-order chi connectivity index (χ1) is 12.9. The number of fused-ring (bicyclic) bond motifs is 1. The predicted molar refractivity (Wildman–Crippen MR) is 95.0 cm³/mol. The Balaban J connectivity index is 1.75. The van der Waals surface area contributed by atoms with E-state index in [1.165, 1.54) is 0 Å². The van der Waals surface area contributed by atoms with Gasteiger partial charge in [0.2, 0.25) is 5.69 Å². The largest absolute Gasteiger partial charge is 0.618 e. The highest BCUT2D eigenvalue weighted by molar-refractivity contribution is 6.52. The van der Waals surface area contributed by atoms with Crippen molar-refractivity contribution in [2.75, 3.05) is 0 Å². The van der Waals surface area contributed by atoms with Gasteiger partial charge in [0.1, 0.15) is 5.56 Å². The average Bonchev–Trinajstić information content (AvgIpc) is 2.92. The topological polar surface area (TPSA) is 43.1 Å². The van der Waals surface area contributed by atoms with Gasteiger partial charge in [-0.25, -0.2) is 0 Å². The molecule has 4 rings (SSSR count). The molecular weight excluding hydrogens is 355 g/mol. The fourth-order valence-electron chi connectivity index (χ4n) is 3.11. The van der Waals surface area contributed by atoms with Crippen molar-refractivity contribution in [3.8, 4) is 11.1 Å². The highest BCUT2D eigenvalue weighted by Crippen LogP contribution is 2.36. The Kier molecular flexibility index (Phi) is 3.84. The summed E-state index contributed by atoms with van der Waals surface area (Å²) in [4.78, 5) is 12.6. The minimum atomic E-state index is -4.58. The number of benzene rings is 3. The van der Waals surface area contributed by atoms with E-state index in [0.29, 0.717) is 11.6 Å². The van der Waals surface area contributed by atoms with Crippen LogP contribution in [0, 0.1) is 5.21 Å². The quantitative estimate of drug-likeness (QED) is 0.462. The SMILES string of the molecule is O=C1C(c2ccc(-c3ccccc3)cc2)=[N+]([O-])c2cc(C(F)(F)F)ccc21. The second kappa shape index (κ2) is 6.09. The Bertz CT molecular complexity index is 1070. The van der Waals surface area contributed by atoms with E-state index < -0.39 is 17.5 Å². The van der Waals surface area contributed by atoms with Crippen molar-refractivity contribution in [2.45, 2.75) is 6.18 Å². The van der Waals surface area contributed by atoms with Gasteiger partial charge in [0.05, 0.1) is 11.1 Å². The minimum absolute atomic E-state index is 0.0277. The van der Waals surface area contributed by atoms with Crippen molar-refractivity contribution in [1.29, 1.82) is 0 Å². The van der Waals surface area contributed by atoms with Crippen molar-refractivity contribution in [2.24, 2.45) is 0 Å². The van der Waals surface area contributed by atoms with E-state index in [2.05, 4.69) is 0 Å². The normalized spacial score (nSPS) is 13.8. The zero-order valence-electron chi connectivity index (χ0n) is 13.8. The predicted octanol–water partition coefficient (Wildman–Crippen LogP) is 5.20. The molecule has 0 atom stereocenters. The number of halogens is 3. The van der Waals surface area contributed by atoms with E-state index in [1.54, 1.807) is 24.3 Å². The summed E-state index contributed by atoms with van der Waals surface area (Å²) in [5, 5.41) is 12.5. The van der Waals surface area contributed by atoms with Gasteiger partial charge in [0.25, 0.3) is 11.5 Å². The number of carbonyl (C=O) groups is 1. The molecule has 3 aromatic carbocycles. The maximum Gasteiger partial charge on any atom is 0.416 e. The van der Waals surface area contributed by atoms with Crippen LogP contribution in [0.2, 0.25) is 0 Å². The van der Waals surface area contributed by atoms with Crippen LogP contribution in [0.3, 0.4) is 0 Å². The molecule has 3 nitrogen and oxygen atoms in total. The lowest BCUT2D eigenvalue weighted by atomic mass is 9.99. The van der Waals surface area contributed by atoms with Crippen molar-refractivity contribution < 1.29 is 22.7 Å². The number of alkyl halides is 3. The van der Waals surface area contributed by atoms with E-state index in [0.717, 1.165) is 23.3 Å². The highest BCUT2D eigenvalue weighted by atomic mass is 19.4. The van der Waals surface area contributed by atoms with E-state index in [4.69, 9.17) is 0 Å². The van der Waals surface area contributed by atoms with Crippen molar-refractivity contribution in [1.82, 2.24) is 0 Å². The van der Waals surface area contributed by atoms with Gasteiger partial charge in [-0.2, -0.15) is 17.9 Å². The van der Waals surface area contributed by atoms with E-state index in [1.807, 2.05) is 30.3 Å². The lowest BCUT2D eigenvalue weighted by molar-refractivity contribution is -0.355. The molecule has 0 N–H and O–H groups in total. The number of ketones is 1. The average molecular weight is 367 g/mol. The molecule has 134 valence electrons. The first kappa shape index (κ1) is 17.0. The smallest absolute Gasteiger partial charge is 0.416 e. The molecule has 0 saturated heterocycles. The molecule has 0 radical (unpaired) electrons. The highest BCUT2D eigenvalue weighted by Gasteiger charge is 2.40. The van der Waals surface area contributed by atoms with Gasteiger partial charge >= 0.3 is 6.18 Å². The second-order valence-electron chi connectivity index (χ2n) is 6.15. The number of nitrogens with zero attached hydrogens (tertiary/aromatic N) is 1.